The van der Waals surface area contributed by atoms with Crippen LogP contribution in [0.15, 0.2) is 30.5 Å². The summed E-state index contributed by atoms with van der Waals surface area (Å²) in [6.07, 6.45) is 1.31. The summed E-state index contributed by atoms with van der Waals surface area (Å²) in [6.45, 7) is 1.71. The van der Waals surface area contributed by atoms with Gasteiger partial charge < -0.3 is 10.4 Å². The van der Waals surface area contributed by atoms with E-state index < -0.39 is 5.97 Å². The van der Waals surface area contributed by atoms with E-state index in [9.17, 15) is 4.79 Å². The first-order valence-corrected chi connectivity index (χ1v) is 6.23. The minimum absolute atomic E-state index is 0.0551. The van der Waals surface area contributed by atoms with Crippen molar-refractivity contribution in [2.24, 2.45) is 0 Å². The lowest BCUT2D eigenvalue weighted by molar-refractivity contribution is 0.0697. The molecule has 0 bridgehead atoms. The highest BCUT2D eigenvalue weighted by Gasteiger charge is 2.12. The first-order chi connectivity index (χ1) is 8.56. The first kappa shape index (κ1) is 12.7. The van der Waals surface area contributed by atoms with Crippen molar-refractivity contribution in [2.75, 3.05) is 5.32 Å². The summed E-state index contributed by atoms with van der Waals surface area (Å²) in [5, 5.41) is 12.1. The van der Waals surface area contributed by atoms with Gasteiger partial charge in [-0.15, -0.1) is 0 Å². The van der Waals surface area contributed by atoms with E-state index in [0.29, 0.717) is 11.6 Å². The molecule has 0 aliphatic carbocycles. The highest BCUT2D eigenvalue weighted by atomic mass is 127. The number of carboxylic acids is 1. The molecule has 1 heterocycles. The molecule has 1 aromatic carbocycles. The van der Waals surface area contributed by atoms with Gasteiger partial charge in [-0.2, -0.15) is 0 Å². The number of hydrogen-bond donors (Lipinski definition) is 2. The number of carboxylic acid groups (broad SMARTS) is 1. The van der Waals surface area contributed by atoms with Gasteiger partial charge in [-0.3, -0.25) is 0 Å². The number of aromatic nitrogens is 2. The number of carbonyl (C=O) groups is 1. The third kappa shape index (κ3) is 2.95. The fraction of sp³-hybridized carbons (Fsp3) is 0.0833. The van der Waals surface area contributed by atoms with Crippen LogP contribution in [0.4, 0.5) is 11.5 Å². The Morgan fingerprint density at radius 2 is 2.22 bits per heavy atom. The molecule has 2 rings (SSSR count). The van der Waals surface area contributed by atoms with Crippen LogP contribution in [0.25, 0.3) is 0 Å². The number of halogens is 1. The number of hydrogen-bond acceptors (Lipinski definition) is 4. The fourth-order valence-corrected chi connectivity index (χ4v) is 1.97. The predicted octanol–water partition coefficient (Wildman–Crippen LogP) is 2.83. The van der Waals surface area contributed by atoms with Gasteiger partial charge in [0.15, 0.2) is 0 Å². The average Bonchev–Trinajstić information content (AvgIpc) is 2.28. The first-order valence-electron chi connectivity index (χ1n) is 5.16. The van der Waals surface area contributed by atoms with Gasteiger partial charge in [0.05, 0.1) is 0 Å². The lowest BCUT2D eigenvalue weighted by atomic mass is 10.2. The van der Waals surface area contributed by atoms with Crippen molar-refractivity contribution >= 4 is 40.1 Å². The van der Waals surface area contributed by atoms with E-state index in [1.54, 1.807) is 6.92 Å². The number of nitrogens with zero attached hydrogens (tertiary/aromatic N) is 2. The summed E-state index contributed by atoms with van der Waals surface area (Å²) in [7, 11) is 0. The van der Waals surface area contributed by atoms with Crippen LogP contribution >= 0.6 is 22.6 Å². The highest BCUT2D eigenvalue weighted by Crippen LogP contribution is 2.20. The van der Waals surface area contributed by atoms with Gasteiger partial charge in [-0.25, -0.2) is 14.8 Å². The number of rotatable bonds is 3. The van der Waals surface area contributed by atoms with Crippen LogP contribution in [-0.4, -0.2) is 21.0 Å². The van der Waals surface area contributed by atoms with E-state index in [2.05, 4.69) is 37.9 Å². The molecule has 0 spiro atoms. The van der Waals surface area contributed by atoms with Crippen molar-refractivity contribution in [1.82, 2.24) is 9.97 Å². The topological polar surface area (TPSA) is 75.1 Å². The van der Waals surface area contributed by atoms with Crippen LogP contribution in [-0.2, 0) is 0 Å². The maximum Gasteiger partial charge on any atom is 0.341 e. The van der Waals surface area contributed by atoms with E-state index in [4.69, 9.17) is 5.11 Å². The number of nitrogens with one attached hydrogen (secondary N) is 1. The van der Waals surface area contributed by atoms with Gasteiger partial charge >= 0.3 is 5.97 Å². The Morgan fingerprint density at radius 3 is 2.89 bits per heavy atom. The van der Waals surface area contributed by atoms with Crippen LogP contribution in [0, 0.1) is 10.5 Å². The average molecular weight is 355 g/mol. The van der Waals surface area contributed by atoms with Crippen LogP contribution in [0.5, 0.6) is 0 Å². The lowest BCUT2D eigenvalue weighted by Gasteiger charge is -2.09. The molecule has 6 heteroatoms. The van der Waals surface area contributed by atoms with Crippen molar-refractivity contribution in [3.8, 4) is 0 Å². The monoisotopic (exact) mass is 355 g/mol. The summed E-state index contributed by atoms with van der Waals surface area (Å²) < 4.78 is 1.06. The highest BCUT2D eigenvalue weighted by molar-refractivity contribution is 14.1. The second-order valence-corrected chi connectivity index (χ2v) is 4.87. The third-order valence-corrected chi connectivity index (χ3v) is 2.90. The van der Waals surface area contributed by atoms with E-state index in [1.807, 2.05) is 24.3 Å². The minimum atomic E-state index is -1.05. The number of aryl methyl sites for hydroxylation is 1. The van der Waals surface area contributed by atoms with Crippen LogP contribution in [0.3, 0.4) is 0 Å². The molecule has 0 aliphatic rings. The van der Waals surface area contributed by atoms with Gasteiger partial charge in [0.25, 0.3) is 0 Å². The molecule has 0 aliphatic heterocycles. The zero-order valence-corrected chi connectivity index (χ0v) is 11.7. The Labute approximate surface area is 117 Å². The summed E-state index contributed by atoms with van der Waals surface area (Å²) in [5.74, 6) is -0.228. The summed E-state index contributed by atoms with van der Waals surface area (Å²) in [5.41, 5.74) is 0.849. The third-order valence-electron chi connectivity index (χ3n) is 2.23. The molecule has 0 amide bonds. The standard InChI is InChI=1S/C12H10IN3O2/c1-7-14-6-10(12(17)18)11(15-7)16-9-4-2-3-8(13)5-9/h2-6H,1H3,(H,17,18)(H,14,15,16). The zero-order valence-electron chi connectivity index (χ0n) is 9.51. The molecule has 0 fully saturated rings. The second kappa shape index (κ2) is 5.30. The second-order valence-electron chi connectivity index (χ2n) is 3.62. The van der Waals surface area contributed by atoms with E-state index >= 15 is 0 Å². The van der Waals surface area contributed by atoms with Gasteiger partial charge in [0.2, 0.25) is 0 Å². The van der Waals surface area contributed by atoms with Crippen molar-refractivity contribution in [1.29, 1.82) is 0 Å². The Hall–Kier alpha value is -1.70. The molecule has 92 valence electrons. The number of anilines is 2. The Morgan fingerprint density at radius 1 is 1.44 bits per heavy atom. The lowest BCUT2D eigenvalue weighted by Crippen LogP contribution is -2.07. The molecular formula is C12H10IN3O2. The van der Waals surface area contributed by atoms with Crippen LogP contribution in [0.2, 0.25) is 0 Å². The predicted molar refractivity (Wildman–Crippen MR) is 76.2 cm³/mol. The van der Waals surface area contributed by atoms with Crippen LogP contribution in [0.1, 0.15) is 16.2 Å². The molecular weight excluding hydrogens is 345 g/mol. The van der Waals surface area contributed by atoms with Crippen molar-refractivity contribution < 1.29 is 9.90 Å². The minimum Gasteiger partial charge on any atom is -0.477 e. The molecule has 5 nitrogen and oxygen atoms in total. The normalized spacial score (nSPS) is 10.1. The molecule has 0 radical (unpaired) electrons. The van der Waals surface area contributed by atoms with E-state index in [-0.39, 0.29) is 5.56 Å². The Balaban J connectivity index is 2.39. The molecule has 0 unspecified atom stereocenters. The Bertz CT molecular complexity index is 602. The molecule has 0 saturated heterocycles. The van der Waals surface area contributed by atoms with Crippen LogP contribution < -0.4 is 5.32 Å². The largest absolute Gasteiger partial charge is 0.477 e. The SMILES string of the molecule is Cc1ncc(C(=O)O)c(Nc2cccc(I)c2)n1. The molecule has 0 saturated carbocycles. The van der Waals surface area contributed by atoms with Crippen molar-refractivity contribution in [3.05, 3.63) is 45.4 Å². The molecule has 2 N–H and O–H groups in total. The van der Waals surface area contributed by atoms with Gasteiger partial charge in [0.1, 0.15) is 17.2 Å². The smallest absolute Gasteiger partial charge is 0.341 e. The summed E-state index contributed by atoms with van der Waals surface area (Å²) in [6, 6.07) is 7.60. The van der Waals surface area contributed by atoms with E-state index in [0.717, 1.165) is 9.26 Å². The van der Waals surface area contributed by atoms with Gasteiger partial charge in [-0.05, 0) is 47.7 Å². The summed E-state index contributed by atoms with van der Waals surface area (Å²) in [4.78, 5) is 19.1. The molecule has 1 aromatic heterocycles. The number of aromatic carboxylic acids is 1. The van der Waals surface area contributed by atoms with Gasteiger partial charge in [0, 0.05) is 15.5 Å². The molecule has 0 atom stereocenters. The molecule has 2 aromatic rings. The van der Waals surface area contributed by atoms with E-state index in [1.165, 1.54) is 6.20 Å². The maximum absolute atomic E-state index is 11.1. The zero-order chi connectivity index (χ0) is 13.1. The number of benzene rings is 1. The van der Waals surface area contributed by atoms with Crippen molar-refractivity contribution in [3.63, 3.8) is 0 Å². The Kier molecular flexibility index (Phi) is 3.75. The quantitative estimate of drug-likeness (QED) is 0.829. The fourth-order valence-electron chi connectivity index (χ4n) is 1.42. The summed E-state index contributed by atoms with van der Waals surface area (Å²) >= 11 is 2.19. The maximum atomic E-state index is 11.1. The molecule has 18 heavy (non-hydrogen) atoms. The van der Waals surface area contributed by atoms with Crippen molar-refractivity contribution in [2.45, 2.75) is 6.92 Å². The van der Waals surface area contributed by atoms with Gasteiger partial charge in [-0.1, -0.05) is 6.07 Å².